The molecule has 0 bridgehead atoms. The van der Waals surface area contributed by atoms with E-state index in [0.29, 0.717) is 40.9 Å². The Balaban J connectivity index is 1.90. The Bertz CT molecular complexity index is 936. The molecule has 0 unspecified atom stereocenters. The van der Waals surface area contributed by atoms with Gasteiger partial charge in [0.05, 0.1) is 26.5 Å². The minimum absolute atomic E-state index is 0.161. The molecule has 1 N–H and O–H groups in total. The van der Waals surface area contributed by atoms with Crippen LogP contribution in [0.3, 0.4) is 0 Å². The molecule has 7 nitrogen and oxygen atoms in total. The van der Waals surface area contributed by atoms with Crippen molar-refractivity contribution in [2.75, 3.05) is 26.1 Å². The molecule has 27 heavy (non-hydrogen) atoms. The van der Waals surface area contributed by atoms with Crippen molar-refractivity contribution in [3.8, 4) is 28.6 Å². The molecule has 0 aliphatic carbocycles. The summed E-state index contributed by atoms with van der Waals surface area (Å²) in [6.07, 6.45) is 1.23. The van der Waals surface area contributed by atoms with Gasteiger partial charge in [-0.3, -0.25) is 4.79 Å². The van der Waals surface area contributed by atoms with E-state index in [9.17, 15) is 4.79 Å². The second kappa shape index (κ2) is 8.27. The van der Waals surface area contributed by atoms with Crippen LogP contribution in [0.25, 0.3) is 11.3 Å². The van der Waals surface area contributed by atoms with Gasteiger partial charge < -0.3 is 23.9 Å². The van der Waals surface area contributed by atoms with Crippen LogP contribution >= 0.6 is 0 Å². The van der Waals surface area contributed by atoms with E-state index < -0.39 is 5.91 Å². The summed E-state index contributed by atoms with van der Waals surface area (Å²) in [5.74, 6) is 1.63. The third-order valence-corrected chi connectivity index (χ3v) is 3.86. The van der Waals surface area contributed by atoms with Crippen molar-refractivity contribution in [3.63, 3.8) is 0 Å². The quantitative estimate of drug-likeness (QED) is 0.678. The number of para-hydroxylation sites is 2. The molecule has 1 amide bonds. The zero-order valence-corrected chi connectivity index (χ0v) is 15.3. The number of hydrogen-bond donors (Lipinski definition) is 1. The highest BCUT2D eigenvalue weighted by Gasteiger charge is 2.20. The normalized spacial score (nSPS) is 10.3. The molecular weight excluding hydrogens is 348 g/mol. The minimum atomic E-state index is -0.402. The molecule has 0 saturated carbocycles. The number of ether oxygens (including phenoxy) is 3. The molecule has 140 valence electrons. The molecule has 7 heteroatoms. The highest BCUT2D eigenvalue weighted by Crippen LogP contribution is 2.34. The first-order valence-electron chi connectivity index (χ1n) is 8.37. The van der Waals surface area contributed by atoms with Gasteiger partial charge in [-0.05, 0) is 37.3 Å². The average molecular weight is 368 g/mol. The van der Waals surface area contributed by atoms with Crippen molar-refractivity contribution in [1.82, 2.24) is 4.98 Å². The number of oxazole rings is 1. The van der Waals surface area contributed by atoms with E-state index in [-0.39, 0.29) is 5.69 Å². The maximum absolute atomic E-state index is 12.8. The van der Waals surface area contributed by atoms with Crippen molar-refractivity contribution in [2.24, 2.45) is 0 Å². The molecule has 0 radical (unpaired) electrons. The monoisotopic (exact) mass is 368 g/mol. The molecular formula is C20H20N2O5. The van der Waals surface area contributed by atoms with Crippen molar-refractivity contribution in [1.29, 1.82) is 0 Å². The lowest BCUT2D eigenvalue weighted by molar-refractivity contribution is 0.102. The lowest BCUT2D eigenvalue weighted by Crippen LogP contribution is -2.14. The van der Waals surface area contributed by atoms with Crippen LogP contribution in [0.15, 0.2) is 53.3 Å². The third kappa shape index (κ3) is 3.87. The number of amides is 1. The second-order valence-corrected chi connectivity index (χ2v) is 5.48. The largest absolute Gasteiger partial charge is 0.493 e. The lowest BCUT2D eigenvalue weighted by Gasteiger charge is -2.11. The molecule has 0 atom stereocenters. The maximum atomic E-state index is 12.8. The van der Waals surface area contributed by atoms with E-state index >= 15 is 0 Å². The number of hydrogen-bond acceptors (Lipinski definition) is 6. The van der Waals surface area contributed by atoms with E-state index in [4.69, 9.17) is 18.6 Å². The SMILES string of the molecule is CCOc1ccccc1NC(=O)c1ncoc1-c1ccc(OC)c(OC)c1. The van der Waals surface area contributed by atoms with Gasteiger partial charge in [-0.25, -0.2) is 4.98 Å². The van der Waals surface area contributed by atoms with Crippen LogP contribution in [0.4, 0.5) is 5.69 Å². The van der Waals surface area contributed by atoms with Crippen LogP contribution in [0.5, 0.6) is 17.2 Å². The molecule has 0 spiro atoms. The Morgan fingerprint density at radius 1 is 1.07 bits per heavy atom. The van der Waals surface area contributed by atoms with Gasteiger partial charge in [0.25, 0.3) is 5.91 Å². The van der Waals surface area contributed by atoms with Crippen molar-refractivity contribution in [3.05, 3.63) is 54.6 Å². The molecule has 2 aromatic carbocycles. The van der Waals surface area contributed by atoms with Crippen LogP contribution in [0, 0.1) is 0 Å². The zero-order chi connectivity index (χ0) is 19.2. The van der Waals surface area contributed by atoms with Gasteiger partial charge in [-0.1, -0.05) is 12.1 Å². The number of rotatable bonds is 7. The van der Waals surface area contributed by atoms with Gasteiger partial charge in [-0.15, -0.1) is 0 Å². The topological polar surface area (TPSA) is 82.8 Å². The predicted molar refractivity (Wildman–Crippen MR) is 101 cm³/mol. The van der Waals surface area contributed by atoms with Gasteiger partial charge in [0.1, 0.15) is 5.75 Å². The summed E-state index contributed by atoms with van der Waals surface area (Å²) in [4.78, 5) is 16.8. The molecule has 1 heterocycles. The van der Waals surface area contributed by atoms with Crippen molar-refractivity contribution >= 4 is 11.6 Å². The molecule has 1 aromatic heterocycles. The van der Waals surface area contributed by atoms with Crippen molar-refractivity contribution < 1.29 is 23.4 Å². The molecule has 3 aromatic rings. The van der Waals surface area contributed by atoms with E-state index in [1.165, 1.54) is 6.39 Å². The van der Waals surface area contributed by atoms with E-state index in [2.05, 4.69) is 10.3 Å². The van der Waals surface area contributed by atoms with Crippen LogP contribution in [-0.2, 0) is 0 Å². The fourth-order valence-corrected chi connectivity index (χ4v) is 2.62. The number of carbonyl (C=O) groups is 1. The number of carbonyl (C=O) groups excluding carboxylic acids is 1. The van der Waals surface area contributed by atoms with E-state index in [1.54, 1.807) is 44.6 Å². The summed E-state index contributed by atoms with van der Waals surface area (Å²) < 4.78 is 21.5. The fourth-order valence-electron chi connectivity index (χ4n) is 2.62. The zero-order valence-electron chi connectivity index (χ0n) is 15.3. The van der Waals surface area contributed by atoms with E-state index in [1.807, 2.05) is 19.1 Å². The maximum Gasteiger partial charge on any atom is 0.278 e. The van der Waals surface area contributed by atoms with Gasteiger partial charge >= 0.3 is 0 Å². The fraction of sp³-hybridized carbons (Fsp3) is 0.200. The summed E-state index contributed by atoms with van der Waals surface area (Å²) >= 11 is 0. The summed E-state index contributed by atoms with van der Waals surface area (Å²) in [7, 11) is 3.10. The lowest BCUT2D eigenvalue weighted by atomic mass is 10.1. The Labute approximate surface area is 156 Å². The van der Waals surface area contributed by atoms with Gasteiger partial charge in [0, 0.05) is 5.56 Å². The summed E-state index contributed by atoms with van der Waals surface area (Å²) in [6, 6.07) is 12.4. The van der Waals surface area contributed by atoms with Crippen molar-refractivity contribution in [2.45, 2.75) is 6.92 Å². The molecule has 0 aliphatic rings. The summed E-state index contributed by atoms with van der Waals surface area (Å²) in [5, 5.41) is 2.82. The Morgan fingerprint density at radius 2 is 1.85 bits per heavy atom. The predicted octanol–water partition coefficient (Wildman–Crippen LogP) is 4.01. The van der Waals surface area contributed by atoms with Crippen LogP contribution in [0.1, 0.15) is 17.4 Å². The number of benzene rings is 2. The third-order valence-electron chi connectivity index (χ3n) is 3.86. The smallest absolute Gasteiger partial charge is 0.278 e. The van der Waals surface area contributed by atoms with Gasteiger partial charge in [0.2, 0.25) is 0 Å². The molecule has 0 aliphatic heterocycles. The van der Waals surface area contributed by atoms with Crippen LogP contribution in [0.2, 0.25) is 0 Å². The summed E-state index contributed by atoms with van der Waals surface area (Å²) in [6.45, 7) is 2.37. The molecule has 3 rings (SSSR count). The number of methoxy groups -OCH3 is 2. The number of aromatic nitrogens is 1. The standard InChI is InChI=1S/C20H20N2O5/c1-4-26-15-8-6-5-7-14(15)22-20(23)18-19(27-12-21-18)13-9-10-16(24-2)17(11-13)25-3/h5-12H,4H2,1-3H3,(H,22,23). The van der Waals surface area contributed by atoms with Gasteiger partial charge in [-0.2, -0.15) is 0 Å². The van der Waals surface area contributed by atoms with Gasteiger partial charge in [0.15, 0.2) is 29.3 Å². The van der Waals surface area contributed by atoms with Crippen LogP contribution < -0.4 is 19.5 Å². The Morgan fingerprint density at radius 3 is 2.59 bits per heavy atom. The first-order valence-corrected chi connectivity index (χ1v) is 8.37. The number of nitrogens with one attached hydrogen (secondary N) is 1. The van der Waals surface area contributed by atoms with E-state index in [0.717, 1.165) is 0 Å². The molecule has 0 fully saturated rings. The minimum Gasteiger partial charge on any atom is -0.493 e. The second-order valence-electron chi connectivity index (χ2n) is 5.48. The number of nitrogens with zero attached hydrogens (tertiary/aromatic N) is 1. The average Bonchev–Trinajstić information content (AvgIpc) is 3.19. The number of anilines is 1. The van der Waals surface area contributed by atoms with Crippen LogP contribution in [-0.4, -0.2) is 31.7 Å². The summed E-state index contributed by atoms with van der Waals surface area (Å²) in [5.41, 5.74) is 1.37. The highest BCUT2D eigenvalue weighted by molar-refractivity contribution is 6.07. The Kier molecular flexibility index (Phi) is 5.61. The highest BCUT2D eigenvalue weighted by atomic mass is 16.5. The first-order chi connectivity index (χ1) is 13.2. The first kappa shape index (κ1) is 18.3. The Hall–Kier alpha value is -3.48. The molecule has 0 saturated heterocycles.